The number of hydrogen-bond donors (Lipinski definition) is 1. The number of hydrogen-bond acceptors (Lipinski definition) is 3. The van der Waals surface area contributed by atoms with Gasteiger partial charge < -0.3 is 9.73 Å². The van der Waals surface area contributed by atoms with Gasteiger partial charge in [0.05, 0.1) is 6.54 Å². The van der Waals surface area contributed by atoms with Crippen LogP contribution in [0.5, 0.6) is 0 Å². The normalized spacial score (nSPS) is 11.6. The summed E-state index contributed by atoms with van der Waals surface area (Å²) < 4.78 is 19.0. The molecule has 0 saturated heterocycles. The Kier molecular flexibility index (Phi) is 8.01. The average Bonchev–Trinajstić information content (AvgIpc) is 3.32. The molecule has 0 fully saturated rings. The summed E-state index contributed by atoms with van der Waals surface area (Å²) in [6.07, 6.45) is 0. The highest BCUT2D eigenvalue weighted by atomic mass is 19.1. The Hall–Kier alpha value is -3.70. The summed E-state index contributed by atoms with van der Waals surface area (Å²) >= 11 is 0. The number of carbonyl (C=O) groups excluding carboxylic acids is 1. The van der Waals surface area contributed by atoms with Crippen molar-refractivity contribution in [2.75, 3.05) is 0 Å². The number of furan rings is 1. The van der Waals surface area contributed by atoms with E-state index in [0.29, 0.717) is 13.1 Å². The second-order valence-corrected chi connectivity index (χ2v) is 10.2. The van der Waals surface area contributed by atoms with Gasteiger partial charge in [0.15, 0.2) is 5.76 Å². The second-order valence-electron chi connectivity index (χ2n) is 10.2. The van der Waals surface area contributed by atoms with Gasteiger partial charge in [-0.3, -0.25) is 9.69 Å². The number of nitrogens with zero attached hydrogens (tertiary/aromatic N) is 1. The predicted molar refractivity (Wildman–Crippen MR) is 141 cm³/mol. The standard InChI is InChI=1S/C31H33FN2O2/c1-31(2,3)26-13-9-25(10-14-26)21-34(20-24-7-5-4-6-8-24)22-28-17-18-29(36-28)30(35)33-19-23-11-15-27(32)16-12-23/h4-18H,19-22H2,1-3H3,(H,33,35). The molecule has 0 aliphatic rings. The maximum atomic E-state index is 13.1. The van der Waals surface area contributed by atoms with Crippen LogP contribution in [0.4, 0.5) is 4.39 Å². The van der Waals surface area contributed by atoms with Crippen LogP contribution in [0.3, 0.4) is 0 Å². The van der Waals surface area contributed by atoms with E-state index < -0.39 is 0 Å². The van der Waals surface area contributed by atoms with E-state index in [4.69, 9.17) is 4.42 Å². The zero-order valence-electron chi connectivity index (χ0n) is 21.1. The first-order valence-electron chi connectivity index (χ1n) is 12.2. The van der Waals surface area contributed by atoms with Crippen molar-refractivity contribution >= 4 is 5.91 Å². The number of nitrogens with one attached hydrogen (secondary N) is 1. The minimum absolute atomic E-state index is 0.115. The molecule has 3 aromatic carbocycles. The third-order valence-electron chi connectivity index (χ3n) is 6.11. The van der Waals surface area contributed by atoms with Crippen molar-refractivity contribution in [1.82, 2.24) is 10.2 Å². The fraction of sp³-hybridized carbons (Fsp3) is 0.258. The smallest absolute Gasteiger partial charge is 0.287 e. The Labute approximate surface area is 212 Å². The van der Waals surface area contributed by atoms with Crippen molar-refractivity contribution < 1.29 is 13.6 Å². The first-order valence-corrected chi connectivity index (χ1v) is 12.2. The first-order chi connectivity index (χ1) is 17.3. The van der Waals surface area contributed by atoms with Gasteiger partial charge in [-0.15, -0.1) is 0 Å². The Morgan fingerprint density at radius 2 is 1.39 bits per heavy atom. The third kappa shape index (κ3) is 7.15. The molecule has 1 amide bonds. The minimum Gasteiger partial charge on any atom is -0.455 e. The van der Waals surface area contributed by atoms with E-state index in [9.17, 15) is 9.18 Å². The summed E-state index contributed by atoms with van der Waals surface area (Å²) in [5, 5.41) is 2.83. The van der Waals surface area contributed by atoms with Crippen molar-refractivity contribution in [1.29, 1.82) is 0 Å². The predicted octanol–water partition coefficient (Wildman–Crippen LogP) is 6.85. The van der Waals surface area contributed by atoms with Crippen molar-refractivity contribution in [2.24, 2.45) is 0 Å². The van der Waals surface area contributed by atoms with Gasteiger partial charge in [-0.25, -0.2) is 4.39 Å². The summed E-state index contributed by atoms with van der Waals surface area (Å²) in [6.45, 7) is 9.04. The molecular formula is C31H33FN2O2. The van der Waals surface area contributed by atoms with E-state index in [1.807, 2.05) is 24.3 Å². The lowest BCUT2D eigenvalue weighted by molar-refractivity contribution is 0.0918. The molecule has 4 aromatic rings. The zero-order chi connectivity index (χ0) is 25.5. The molecule has 0 atom stereocenters. The third-order valence-corrected chi connectivity index (χ3v) is 6.11. The summed E-state index contributed by atoms with van der Waals surface area (Å²) in [5.41, 5.74) is 4.69. The van der Waals surface area contributed by atoms with Gasteiger partial charge in [-0.05, 0) is 51.9 Å². The van der Waals surface area contributed by atoms with Gasteiger partial charge in [0.25, 0.3) is 5.91 Å². The SMILES string of the molecule is CC(C)(C)c1ccc(CN(Cc2ccccc2)Cc2ccc(C(=O)NCc3ccc(F)cc3)o2)cc1. The van der Waals surface area contributed by atoms with E-state index in [-0.39, 0.29) is 22.9 Å². The molecule has 0 unspecified atom stereocenters. The molecule has 4 rings (SSSR count). The lowest BCUT2D eigenvalue weighted by atomic mass is 9.87. The van der Waals surface area contributed by atoms with Gasteiger partial charge >= 0.3 is 0 Å². The molecule has 0 aliphatic heterocycles. The van der Waals surface area contributed by atoms with E-state index in [1.54, 1.807) is 18.2 Å². The molecule has 5 heteroatoms. The van der Waals surface area contributed by atoms with Gasteiger partial charge in [-0.2, -0.15) is 0 Å². The van der Waals surface area contributed by atoms with E-state index in [1.165, 1.54) is 28.8 Å². The van der Waals surface area contributed by atoms with Crippen LogP contribution in [0.2, 0.25) is 0 Å². The number of benzene rings is 3. The molecule has 186 valence electrons. The van der Waals surface area contributed by atoms with E-state index in [2.05, 4.69) is 67.4 Å². The topological polar surface area (TPSA) is 45.5 Å². The van der Waals surface area contributed by atoms with Crippen LogP contribution >= 0.6 is 0 Å². The summed E-state index contributed by atoms with van der Waals surface area (Å²) in [5.74, 6) is 0.398. The Bertz CT molecular complexity index is 1260. The molecular weight excluding hydrogens is 451 g/mol. The molecule has 0 radical (unpaired) electrons. The van der Waals surface area contributed by atoms with Gasteiger partial charge in [-0.1, -0.05) is 87.5 Å². The van der Waals surface area contributed by atoms with Crippen molar-refractivity contribution in [2.45, 2.75) is 52.4 Å². The fourth-order valence-electron chi connectivity index (χ4n) is 4.05. The lowest BCUT2D eigenvalue weighted by Gasteiger charge is -2.23. The van der Waals surface area contributed by atoms with Crippen LogP contribution in [-0.2, 0) is 31.6 Å². The molecule has 1 aromatic heterocycles. The quantitative estimate of drug-likeness (QED) is 0.283. The molecule has 4 nitrogen and oxygen atoms in total. The molecule has 1 heterocycles. The van der Waals surface area contributed by atoms with Crippen LogP contribution < -0.4 is 5.32 Å². The maximum Gasteiger partial charge on any atom is 0.287 e. The van der Waals surface area contributed by atoms with Crippen LogP contribution in [0.1, 0.15) is 59.3 Å². The second kappa shape index (κ2) is 11.4. The molecule has 0 bridgehead atoms. The Balaban J connectivity index is 1.43. The van der Waals surface area contributed by atoms with Crippen LogP contribution in [-0.4, -0.2) is 10.8 Å². The van der Waals surface area contributed by atoms with Gasteiger partial charge in [0.1, 0.15) is 11.6 Å². The van der Waals surface area contributed by atoms with Crippen LogP contribution in [0.15, 0.2) is 95.4 Å². The molecule has 0 saturated carbocycles. The van der Waals surface area contributed by atoms with E-state index in [0.717, 1.165) is 24.4 Å². The molecule has 0 aliphatic carbocycles. The summed E-state index contributed by atoms with van der Waals surface area (Å²) in [4.78, 5) is 14.9. The van der Waals surface area contributed by atoms with Crippen LogP contribution in [0, 0.1) is 5.82 Å². The Morgan fingerprint density at radius 3 is 2.03 bits per heavy atom. The van der Waals surface area contributed by atoms with Gasteiger partial charge in [0.2, 0.25) is 0 Å². The first kappa shape index (κ1) is 25.4. The lowest BCUT2D eigenvalue weighted by Crippen LogP contribution is -2.23. The van der Waals surface area contributed by atoms with Crippen molar-refractivity contribution in [3.05, 3.63) is 131 Å². The molecule has 1 N–H and O–H groups in total. The maximum absolute atomic E-state index is 13.1. The van der Waals surface area contributed by atoms with E-state index >= 15 is 0 Å². The highest BCUT2D eigenvalue weighted by Gasteiger charge is 2.16. The average molecular weight is 485 g/mol. The number of amides is 1. The zero-order valence-corrected chi connectivity index (χ0v) is 21.1. The largest absolute Gasteiger partial charge is 0.455 e. The minimum atomic E-state index is -0.300. The van der Waals surface area contributed by atoms with Crippen molar-refractivity contribution in [3.8, 4) is 0 Å². The monoisotopic (exact) mass is 484 g/mol. The van der Waals surface area contributed by atoms with Crippen molar-refractivity contribution in [3.63, 3.8) is 0 Å². The Morgan fingerprint density at radius 1 is 0.778 bits per heavy atom. The number of halogens is 1. The summed E-state index contributed by atoms with van der Waals surface area (Å²) in [7, 11) is 0. The molecule has 0 spiro atoms. The highest BCUT2D eigenvalue weighted by molar-refractivity contribution is 5.91. The summed E-state index contributed by atoms with van der Waals surface area (Å²) in [6, 6.07) is 28.7. The molecule has 36 heavy (non-hydrogen) atoms. The van der Waals surface area contributed by atoms with Crippen LogP contribution in [0.25, 0.3) is 0 Å². The van der Waals surface area contributed by atoms with Gasteiger partial charge in [0, 0.05) is 19.6 Å². The fourth-order valence-corrected chi connectivity index (χ4v) is 4.05. The highest BCUT2D eigenvalue weighted by Crippen LogP contribution is 2.23. The number of rotatable bonds is 9. The number of carbonyl (C=O) groups is 1.